The number of halogens is 3. The van der Waals surface area contributed by atoms with Gasteiger partial charge in [-0.05, 0) is 74.4 Å². The molecule has 2 aliphatic heterocycles. The van der Waals surface area contributed by atoms with E-state index < -0.39 is 64.7 Å². The Hall–Kier alpha value is -5.13. The third kappa shape index (κ3) is 5.28. The number of aryl methyl sites for hydroxylation is 1. The summed E-state index contributed by atoms with van der Waals surface area (Å²) < 4.78 is 45.0. The van der Waals surface area contributed by atoms with Gasteiger partial charge >= 0.3 is 6.36 Å². The van der Waals surface area contributed by atoms with E-state index in [9.17, 15) is 32.7 Å². The van der Waals surface area contributed by atoms with Crippen molar-refractivity contribution < 1.29 is 42.2 Å². The van der Waals surface area contributed by atoms with Crippen molar-refractivity contribution in [2.24, 2.45) is 23.7 Å². The molecule has 6 atom stereocenters. The van der Waals surface area contributed by atoms with Crippen molar-refractivity contribution in [2.45, 2.75) is 75.6 Å². The number of hydrogen-bond donors (Lipinski definition) is 2. The van der Waals surface area contributed by atoms with Crippen LogP contribution in [-0.2, 0) is 24.6 Å². The highest BCUT2D eigenvalue weighted by Crippen LogP contribution is 2.65. The molecule has 3 aromatic rings. The zero-order valence-electron chi connectivity index (χ0n) is 28.4. The Morgan fingerprint density at radius 2 is 1.58 bits per heavy atom. The summed E-state index contributed by atoms with van der Waals surface area (Å²) in [5, 5.41) is 12.5. The number of carbonyl (C=O) groups excluding carboxylic acids is 4. The molecule has 12 heteroatoms. The number of imide groups is 2. The molecule has 8 rings (SSSR count). The van der Waals surface area contributed by atoms with E-state index in [1.807, 2.05) is 25.1 Å². The number of phenolic OH excluding ortho intramolecular Hbond substituents is 1. The quantitative estimate of drug-likeness (QED) is 0.211. The van der Waals surface area contributed by atoms with Crippen molar-refractivity contribution >= 4 is 29.3 Å². The second-order valence-electron chi connectivity index (χ2n) is 14.7. The SMILES string of the molecule is Cc1ccc(NN2C(=O)[C@@H]3C[C@@H]4C(=CC[C@@H]5C(=O)N(C6CCCCC6)C(=O)[C@@H]54)[C@H](c4cc(OC(F)(F)F)ccc4O)[C@]3(c3ccccc3)C2=O)cc1. The molecular formula is C40H38F3N3O6. The Bertz CT molecular complexity index is 1980. The van der Waals surface area contributed by atoms with Crippen LogP contribution in [0, 0.1) is 30.6 Å². The number of benzene rings is 3. The number of nitrogens with one attached hydrogen (secondary N) is 1. The van der Waals surface area contributed by atoms with Gasteiger partial charge in [0.15, 0.2) is 0 Å². The highest BCUT2D eigenvalue weighted by Gasteiger charge is 2.70. The molecule has 0 aromatic heterocycles. The summed E-state index contributed by atoms with van der Waals surface area (Å²) in [6.07, 6.45) is 1.25. The number of aromatic hydroxyl groups is 1. The second kappa shape index (κ2) is 12.5. The first-order valence-electron chi connectivity index (χ1n) is 17.8. The molecule has 3 aromatic carbocycles. The maximum Gasteiger partial charge on any atom is 0.573 e. The number of amides is 4. The van der Waals surface area contributed by atoms with Crippen molar-refractivity contribution in [1.29, 1.82) is 0 Å². The molecule has 3 aliphatic carbocycles. The van der Waals surface area contributed by atoms with Gasteiger partial charge in [-0.25, -0.2) is 0 Å². The maximum atomic E-state index is 15.2. The Morgan fingerprint density at radius 3 is 2.27 bits per heavy atom. The Balaban J connectivity index is 1.33. The summed E-state index contributed by atoms with van der Waals surface area (Å²) in [5.41, 5.74) is 3.57. The van der Waals surface area contributed by atoms with Gasteiger partial charge in [0.05, 0.1) is 28.9 Å². The maximum absolute atomic E-state index is 15.2. The lowest BCUT2D eigenvalue weighted by Gasteiger charge is -2.50. The van der Waals surface area contributed by atoms with E-state index >= 15 is 4.79 Å². The molecule has 0 unspecified atom stereocenters. The molecule has 2 saturated heterocycles. The van der Waals surface area contributed by atoms with Gasteiger partial charge in [0.2, 0.25) is 11.8 Å². The summed E-state index contributed by atoms with van der Waals surface area (Å²) in [4.78, 5) is 59.9. The molecule has 4 fully saturated rings. The van der Waals surface area contributed by atoms with E-state index in [2.05, 4.69) is 10.2 Å². The third-order valence-corrected chi connectivity index (χ3v) is 11.9. The summed E-state index contributed by atoms with van der Waals surface area (Å²) in [6.45, 7) is 1.90. The number of hydrazine groups is 1. The molecule has 52 heavy (non-hydrogen) atoms. The number of nitrogens with zero attached hydrogens (tertiary/aromatic N) is 2. The minimum absolute atomic E-state index is 0.0338. The molecule has 5 aliphatic rings. The fraction of sp³-hybridized carbons (Fsp3) is 0.400. The number of fused-ring (bicyclic) bond motifs is 4. The van der Waals surface area contributed by atoms with E-state index in [4.69, 9.17) is 0 Å². The molecule has 270 valence electrons. The van der Waals surface area contributed by atoms with Crippen molar-refractivity contribution in [2.75, 3.05) is 5.43 Å². The second-order valence-corrected chi connectivity index (χ2v) is 14.7. The van der Waals surface area contributed by atoms with Crippen LogP contribution in [0.15, 0.2) is 84.4 Å². The molecule has 9 nitrogen and oxygen atoms in total. The number of hydrogen-bond acceptors (Lipinski definition) is 7. The first-order valence-corrected chi connectivity index (χ1v) is 17.8. The van der Waals surface area contributed by atoms with Crippen LogP contribution in [0.3, 0.4) is 0 Å². The summed E-state index contributed by atoms with van der Waals surface area (Å²) in [6, 6.07) is 18.6. The van der Waals surface area contributed by atoms with Crippen LogP contribution < -0.4 is 10.2 Å². The smallest absolute Gasteiger partial charge is 0.508 e. The van der Waals surface area contributed by atoms with Gasteiger partial charge in [-0.15, -0.1) is 13.2 Å². The van der Waals surface area contributed by atoms with E-state index in [1.165, 1.54) is 4.90 Å². The largest absolute Gasteiger partial charge is 0.573 e. The van der Waals surface area contributed by atoms with Gasteiger partial charge in [0, 0.05) is 17.5 Å². The number of ether oxygens (including phenoxy) is 1. The first-order chi connectivity index (χ1) is 24.9. The van der Waals surface area contributed by atoms with E-state index in [0.717, 1.165) is 60.9 Å². The lowest BCUT2D eigenvalue weighted by molar-refractivity contribution is -0.274. The number of phenols is 1. The van der Waals surface area contributed by atoms with E-state index in [0.29, 0.717) is 16.8 Å². The summed E-state index contributed by atoms with van der Waals surface area (Å²) >= 11 is 0. The Morgan fingerprint density at radius 1 is 0.865 bits per heavy atom. The molecule has 2 N–H and O–H groups in total. The zero-order valence-corrected chi connectivity index (χ0v) is 28.4. The van der Waals surface area contributed by atoms with Crippen molar-refractivity contribution in [1.82, 2.24) is 9.91 Å². The number of anilines is 1. The Labute approximate surface area is 298 Å². The Kier molecular flexibility index (Phi) is 8.18. The molecular weight excluding hydrogens is 675 g/mol. The molecule has 0 spiro atoms. The van der Waals surface area contributed by atoms with Gasteiger partial charge in [0.25, 0.3) is 11.8 Å². The highest BCUT2D eigenvalue weighted by molar-refractivity contribution is 6.13. The molecule has 2 heterocycles. The molecule has 0 radical (unpaired) electrons. The van der Waals surface area contributed by atoms with Crippen molar-refractivity contribution in [3.63, 3.8) is 0 Å². The van der Waals surface area contributed by atoms with Gasteiger partial charge in [-0.3, -0.25) is 29.5 Å². The minimum atomic E-state index is -5.05. The van der Waals surface area contributed by atoms with Gasteiger partial charge in [-0.1, -0.05) is 78.9 Å². The lowest BCUT2D eigenvalue weighted by atomic mass is 9.49. The average Bonchev–Trinajstić information content (AvgIpc) is 3.51. The van der Waals surface area contributed by atoms with Crippen LogP contribution in [-0.4, -0.2) is 51.0 Å². The van der Waals surface area contributed by atoms with Gasteiger partial charge in [0.1, 0.15) is 11.5 Å². The summed E-state index contributed by atoms with van der Waals surface area (Å²) in [5.74, 6) is -7.34. The third-order valence-electron chi connectivity index (χ3n) is 11.9. The van der Waals surface area contributed by atoms with Crippen LogP contribution in [0.2, 0.25) is 0 Å². The van der Waals surface area contributed by atoms with Crippen molar-refractivity contribution in [3.8, 4) is 11.5 Å². The topological polar surface area (TPSA) is 116 Å². The van der Waals surface area contributed by atoms with Gasteiger partial charge in [-0.2, -0.15) is 5.01 Å². The number of likely N-dealkylation sites (tertiary alicyclic amines) is 1. The summed E-state index contributed by atoms with van der Waals surface area (Å²) in [7, 11) is 0. The highest BCUT2D eigenvalue weighted by atomic mass is 19.4. The fourth-order valence-corrected chi connectivity index (χ4v) is 9.78. The number of alkyl halides is 3. The van der Waals surface area contributed by atoms with E-state index in [-0.39, 0.29) is 36.3 Å². The molecule has 0 bridgehead atoms. The minimum Gasteiger partial charge on any atom is -0.508 e. The number of carbonyl (C=O) groups is 4. The predicted molar refractivity (Wildman–Crippen MR) is 182 cm³/mol. The monoisotopic (exact) mass is 713 g/mol. The number of allylic oxidation sites excluding steroid dienone is 2. The first kappa shape index (κ1) is 34.0. The predicted octanol–water partition coefficient (Wildman–Crippen LogP) is 6.92. The van der Waals surface area contributed by atoms with Crippen LogP contribution in [0.1, 0.15) is 67.6 Å². The van der Waals surface area contributed by atoms with Crippen LogP contribution >= 0.6 is 0 Å². The lowest BCUT2D eigenvalue weighted by Crippen LogP contribution is -2.53. The zero-order chi connectivity index (χ0) is 36.5. The van der Waals surface area contributed by atoms with Gasteiger partial charge < -0.3 is 9.84 Å². The fourth-order valence-electron chi connectivity index (χ4n) is 9.78. The average molecular weight is 714 g/mol. The van der Waals surface area contributed by atoms with Crippen LogP contribution in [0.25, 0.3) is 0 Å². The van der Waals surface area contributed by atoms with Crippen LogP contribution in [0.5, 0.6) is 11.5 Å². The van der Waals surface area contributed by atoms with Crippen molar-refractivity contribution in [3.05, 3.63) is 101 Å². The van der Waals surface area contributed by atoms with Crippen LogP contribution in [0.4, 0.5) is 18.9 Å². The standard InChI is InChI=1S/C40H38F3N3O6/c1-22-12-14-24(15-13-22)44-46-36(49)31-21-29-27(17-18-28-33(29)37(50)45(35(28)48)25-10-6-3-7-11-25)34(39(31,38(46)51)23-8-4-2-5-9-23)30-20-26(16-19-32(30)47)52-40(41,42)43/h2,4-5,8-9,12-17,19-20,25,28-29,31,33-34,44,47H,3,6-7,10-11,18,21H2,1H3/t28-,29+,31-,33-,34+,39+/m0/s1. The number of rotatable bonds is 6. The van der Waals surface area contributed by atoms with E-state index in [1.54, 1.807) is 42.5 Å². The molecule has 4 amide bonds. The molecule has 2 saturated carbocycles. The normalized spacial score (nSPS) is 29.1.